The molecule has 1 saturated heterocycles. The summed E-state index contributed by atoms with van der Waals surface area (Å²) >= 11 is 1.62. The second-order valence-electron chi connectivity index (χ2n) is 7.33. The van der Waals surface area contributed by atoms with Gasteiger partial charge in [-0.25, -0.2) is 13.4 Å². The maximum Gasteiger partial charge on any atom is 0.269 e. The Hall–Kier alpha value is -2.73. The first-order valence-corrected chi connectivity index (χ1v) is 12.5. The highest BCUT2D eigenvalue weighted by molar-refractivity contribution is 7.99. The maximum absolute atomic E-state index is 12.9. The van der Waals surface area contributed by atoms with Crippen molar-refractivity contribution in [3.8, 4) is 0 Å². The van der Waals surface area contributed by atoms with Gasteiger partial charge >= 0.3 is 0 Å². The standard InChI is InChI=1S/C21H23N5O4S2/c1-2-15-31-21-22-19-5-3-4-6-20(19)25(21)16-23-11-13-24(14-12-23)32(29,30)18-9-7-17(8-10-18)26(27)28/h2-10H,1,11-16H2. The van der Waals surface area contributed by atoms with E-state index in [1.165, 1.54) is 28.6 Å². The predicted molar refractivity (Wildman–Crippen MR) is 124 cm³/mol. The van der Waals surface area contributed by atoms with E-state index in [0.29, 0.717) is 32.8 Å². The third-order valence-electron chi connectivity index (χ3n) is 5.31. The van der Waals surface area contributed by atoms with Gasteiger partial charge < -0.3 is 4.57 Å². The zero-order valence-corrected chi connectivity index (χ0v) is 19.0. The first kappa shape index (κ1) is 22.5. The molecule has 0 aliphatic carbocycles. The van der Waals surface area contributed by atoms with Crippen LogP contribution >= 0.6 is 11.8 Å². The minimum absolute atomic E-state index is 0.0697. The number of hydrogen-bond acceptors (Lipinski definition) is 7. The van der Waals surface area contributed by atoms with Crippen LogP contribution < -0.4 is 0 Å². The second-order valence-corrected chi connectivity index (χ2v) is 10.3. The molecule has 9 nitrogen and oxygen atoms in total. The molecule has 1 aliphatic heterocycles. The Kier molecular flexibility index (Phi) is 6.60. The topological polar surface area (TPSA) is 102 Å². The van der Waals surface area contributed by atoms with Gasteiger partial charge in [-0.3, -0.25) is 15.0 Å². The van der Waals surface area contributed by atoms with Crippen LogP contribution in [-0.2, 0) is 16.7 Å². The number of nitro benzene ring substituents is 1. The highest BCUT2D eigenvalue weighted by atomic mass is 32.2. The number of nitro groups is 1. The summed E-state index contributed by atoms with van der Waals surface area (Å²) < 4.78 is 29.5. The van der Waals surface area contributed by atoms with Crippen molar-refractivity contribution in [1.29, 1.82) is 0 Å². The van der Waals surface area contributed by atoms with Gasteiger partial charge in [-0.15, -0.1) is 6.58 Å². The molecule has 0 N–H and O–H groups in total. The lowest BCUT2D eigenvalue weighted by atomic mass is 10.3. The van der Waals surface area contributed by atoms with Crippen LogP contribution in [0.1, 0.15) is 0 Å². The summed E-state index contributed by atoms with van der Waals surface area (Å²) in [4.78, 5) is 17.3. The van der Waals surface area contributed by atoms with Gasteiger partial charge in [0.25, 0.3) is 5.69 Å². The number of piperazine rings is 1. The Morgan fingerprint density at radius 2 is 1.78 bits per heavy atom. The molecule has 2 heterocycles. The number of rotatable bonds is 8. The molecule has 168 valence electrons. The van der Waals surface area contributed by atoms with Crippen molar-refractivity contribution in [2.24, 2.45) is 0 Å². The van der Waals surface area contributed by atoms with Crippen LogP contribution in [0.15, 0.2) is 71.2 Å². The molecule has 0 radical (unpaired) electrons. The molecule has 1 aliphatic rings. The van der Waals surface area contributed by atoms with E-state index in [1.807, 2.05) is 30.3 Å². The summed E-state index contributed by atoms with van der Waals surface area (Å²) in [5, 5.41) is 11.7. The molecular formula is C21H23N5O4S2. The molecule has 0 atom stereocenters. The molecule has 0 saturated carbocycles. The number of fused-ring (bicyclic) bond motifs is 1. The van der Waals surface area contributed by atoms with Crippen molar-refractivity contribution in [2.75, 3.05) is 31.9 Å². The third kappa shape index (κ3) is 4.56. The Balaban J connectivity index is 1.46. The van der Waals surface area contributed by atoms with E-state index in [9.17, 15) is 18.5 Å². The van der Waals surface area contributed by atoms with Crippen LogP contribution in [0.4, 0.5) is 5.69 Å². The van der Waals surface area contributed by atoms with E-state index in [4.69, 9.17) is 4.98 Å². The minimum Gasteiger partial charge on any atom is -0.305 e. The number of aromatic nitrogens is 2. The van der Waals surface area contributed by atoms with Gasteiger partial charge in [0.15, 0.2) is 5.16 Å². The maximum atomic E-state index is 12.9. The van der Waals surface area contributed by atoms with E-state index in [-0.39, 0.29) is 10.6 Å². The number of sulfonamides is 1. The molecule has 0 amide bonds. The summed E-state index contributed by atoms with van der Waals surface area (Å²) in [5.74, 6) is 0.755. The Labute approximate surface area is 190 Å². The summed E-state index contributed by atoms with van der Waals surface area (Å²) in [5.41, 5.74) is 1.84. The van der Waals surface area contributed by atoms with Gasteiger partial charge in [-0.05, 0) is 24.3 Å². The lowest BCUT2D eigenvalue weighted by Gasteiger charge is -2.34. The van der Waals surface area contributed by atoms with E-state index in [0.717, 1.165) is 21.9 Å². The summed E-state index contributed by atoms with van der Waals surface area (Å²) in [6.07, 6.45) is 1.84. The number of imidazole rings is 1. The molecule has 32 heavy (non-hydrogen) atoms. The highest BCUT2D eigenvalue weighted by Gasteiger charge is 2.29. The van der Waals surface area contributed by atoms with Crippen molar-refractivity contribution >= 4 is 38.5 Å². The number of thioether (sulfide) groups is 1. The fourth-order valence-corrected chi connectivity index (χ4v) is 5.80. The molecule has 0 bridgehead atoms. The average molecular weight is 474 g/mol. The van der Waals surface area contributed by atoms with Gasteiger partial charge in [-0.2, -0.15) is 4.31 Å². The number of para-hydroxylation sites is 2. The molecule has 1 aromatic heterocycles. The number of non-ortho nitro benzene ring substituents is 1. The molecule has 4 rings (SSSR count). The Morgan fingerprint density at radius 1 is 1.09 bits per heavy atom. The molecule has 0 spiro atoms. The van der Waals surface area contributed by atoms with Crippen LogP contribution in [0.2, 0.25) is 0 Å². The SMILES string of the molecule is C=CCSc1nc2ccccc2n1CN1CCN(S(=O)(=O)c2ccc([N+](=O)[O-])cc2)CC1. The highest BCUT2D eigenvalue weighted by Crippen LogP contribution is 2.26. The van der Waals surface area contributed by atoms with Gasteiger partial charge in [0, 0.05) is 44.1 Å². The van der Waals surface area contributed by atoms with Crippen molar-refractivity contribution < 1.29 is 13.3 Å². The van der Waals surface area contributed by atoms with Crippen LogP contribution in [0.5, 0.6) is 0 Å². The summed E-state index contributed by atoms with van der Waals surface area (Å²) in [6.45, 7) is 6.24. The van der Waals surface area contributed by atoms with Crippen LogP contribution in [-0.4, -0.2) is 64.0 Å². The van der Waals surface area contributed by atoms with Crippen LogP contribution in [0.25, 0.3) is 11.0 Å². The molecule has 1 fully saturated rings. The first-order valence-electron chi connectivity index (χ1n) is 10.1. The van der Waals surface area contributed by atoms with Gasteiger partial charge in [0.1, 0.15) is 0 Å². The van der Waals surface area contributed by atoms with Crippen molar-refractivity contribution in [2.45, 2.75) is 16.7 Å². The van der Waals surface area contributed by atoms with Crippen LogP contribution in [0.3, 0.4) is 0 Å². The van der Waals surface area contributed by atoms with Crippen molar-refractivity contribution in [3.63, 3.8) is 0 Å². The normalized spacial score (nSPS) is 15.8. The monoisotopic (exact) mass is 473 g/mol. The fraction of sp³-hybridized carbons (Fsp3) is 0.286. The van der Waals surface area contributed by atoms with Gasteiger partial charge in [0.05, 0.1) is 27.5 Å². The molecule has 11 heteroatoms. The van der Waals surface area contributed by atoms with Gasteiger partial charge in [0.2, 0.25) is 10.0 Å². The molecule has 2 aromatic carbocycles. The Bertz CT molecular complexity index is 1230. The molecule has 3 aromatic rings. The predicted octanol–water partition coefficient (Wildman–Crippen LogP) is 3.19. The lowest BCUT2D eigenvalue weighted by molar-refractivity contribution is -0.384. The zero-order chi connectivity index (χ0) is 22.7. The van der Waals surface area contributed by atoms with Crippen molar-refractivity contribution in [1.82, 2.24) is 18.8 Å². The minimum atomic E-state index is -3.70. The first-order chi connectivity index (χ1) is 15.4. The number of hydrogen-bond donors (Lipinski definition) is 0. The third-order valence-corrected chi connectivity index (χ3v) is 8.19. The Morgan fingerprint density at radius 3 is 2.44 bits per heavy atom. The molecular weight excluding hydrogens is 450 g/mol. The smallest absolute Gasteiger partial charge is 0.269 e. The summed E-state index contributed by atoms with van der Waals surface area (Å²) in [7, 11) is -3.70. The largest absolute Gasteiger partial charge is 0.305 e. The van der Waals surface area contributed by atoms with Crippen molar-refractivity contribution in [3.05, 3.63) is 71.3 Å². The van der Waals surface area contributed by atoms with Gasteiger partial charge in [-0.1, -0.05) is 30.0 Å². The fourth-order valence-electron chi connectivity index (χ4n) is 3.63. The lowest BCUT2D eigenvalue weighted by Crippen LogP contribution is -2.48. The second kappa shape index (κ2) is 9.41. The summed E-state index contributed by atoms with van der Waals surface area (Å²) in [6, 6.07) is 13.0. The average Bonchev–Trinajstić information content (AvgIpc) is 3.15. The zero-order valence-electron chi connectivity index (χ0n) is 17.3. The number of benzene rings is 2. The number of nitrogens with zero attached hydrogens (tertiary/aromatic N) is 5. The van der Waals surface area contributed by atoms with E-state index in [2.05, 4.69) is 16.0 Å². The van der Waals surface area contributed by atoms with Crippen LogP contribution in [0, 0.1) is 10.1 Å². The van der Waals surface area contributed by atoms with E-state index in [1.54, 1.807) is 11.8 Å². The van der Waals surface area contributed by atoms with E-state index >= 15 is 0 Å². The van der Waals surface area contributed by atoms with E-state index < -0.39 is 14.9 Å². The molecule has 0 unspecified atom stereocenters. The quantitative estimate of drug-likeness (QED) is 0.214.